The van der Waals surface area contributed by atoms with Crippen molar-refractivity contribution in [3.8, 4) is 5.75 Å². The van der Waals surface area contributed by atoms with Crippen molar-refractivity contribution in [3.63, 3.8) is 0 Å². The molecule has 0 saturated heterocycles. The number of allylic oxidation sites excluding steroid dienone is 1. The highest BCUT2D eigenvalue weighted by atomic mass is 16.5. The Kier molecular flexibility index (Phi) is 3.90. The van der Waals surface area contributed by atoms with E-state index >= 15 is 0 Å². The van der Waals surface area contributed by atoms with Crippen molar-refractivity contribution in [3.05, 3.63) is 41.5 Å². The van der Waals surface area contributed by atoms with Gasteiger partial charge in [0.2, 0.25) is 0 Å². The molecule has 0 amide bonds. The molecule has 128 valence electrons. The lowest BCUT2D eigenvalue weighted by Gasteiger charge is -2.57. The van der Waals surface area contributed by atoms with Crippen LogP contribution in [0, 0.1) is 23.2 Å². The summed E-state index contributed by atoms with van der Waals surface area (Å²) in [6.45, 7) is 0. The van der Waals surface area contributed by atoms with E-state index in [1.54, 1.807) is 7.11 Å². The summed E-state index contributed by atoms with van der Waals surface area (Å²) < 4.78 is 5.19. The van der Waals surface area contributed by atoms with Crippen LogP contribution in [0.1, 0.15) is 44.1 Å². The van der Waals surface area contributed by atoms with Gasteiger partial charge in [-0.3, -0.25) is 0 Å². The zero-order valence-electron chi connectivity index (χ0n) is 14.3. The van der Waals surface area contributed by atoms with E-state index in [0.717, 1.165) is 48.3 Å². The second-order valence-electron chi connectivity index (χ2n) is 8.17. The van der Waals surface area contributed by atoms with Crippen LogP contribution in [-0.2, 0) is 11.2 Å². The third-order valence-corrected chi connectivity index (χ3v) is 6.54. The monoisotopic (exact) mass is 326 g/mol. The van der Waals surface area contributed by atoms with E-state index in [9.17, 15) is 9.90 Å². The Morgan fingerprint density at radius 3 is 2.12 bits per heavy atom. The molecule has 4 aliphatic rings. The molecule has 3 nitrogen and oxygen atoms in total. The standard InChI is InChI=1S/C21H26O3/c1-24-18-5-2-14(3-6-18)4-7-19(20(22)23)21-11-15-8-16(12-21)10-17(9-15)13-21/h2-3,5-7,15-17H,4,8-13H2,1H3,(H,22,23)/b19-7-. The van der Waals surface area contributed by atoms with Gasteiger partial charge in [-0.1, -0.05) is 18.2 Å². The molecular formula is C21H26O3. The second-order valence-corrected chi connectivity index (χ2v) is 8.17. The number of rotatable bonds is 5. The first-order valence-corrected chi connectivity index (χ1v) is 9.15. The van der Waals surface area contributed by atoms with Crippen molar-refractivity contribution in [1.82, 2.24) is 0 Å². The smallest absolute Gasteiger partial charge is 0.331 e. The summed E-state index contributed by atoms with van der Waals surface area (Å²) in [5.74, 6) is 2.42. The molecule has 0 spiro atoms. The molecule has 1 aromatic carbocycles. The van der Waals surface area contributed by atoms with Crippen molar-refractivity contribution in [2.45, 2.75) is 44.9 Å². The summed E-state index contributed by atoms with van der Waals surface area (Å²) in [5, 5.41) is 9.91. The fourth-order valence-corrected chi connectivity index (χ4v) is 5.95. The van der Waals surface area contributed by atoms with E-state index in [0.29, 0.717) is 12.0 Å². The molecule has 0 atom stereocenters. The Hall–Kier alpha value is -1.77. The predicted molar refractivity (Wildman–Crippen MR) is 93.0 cm³/mol. The number of carboxylic acids is 1. The van der Waals surface area contributed by atoms with Gasteiger partial charge in [-0.05, 0) is 80.4 Å². The largest absolute Gasteiger partial charge is 0.497 e. The quantitative estimate of drug-likeness (QED) is 0.812. The third-order valence-electron chi connectivity index (χ3n) is 6.54. The molecule has 4 saturated carbocycles. The first-order chi connectivity index (χ1) is 11.6. The molecular weight excluding hydrogens is 300 g/mol. The Morgan fingerprint density at radius 1 is 1.12 bits per heavy atom. The maximum absolute atomic E-state index is 12.0. The van der Waals surface area contributed by atoms with E-state index < -0.39 is 5.97 Å². The zero-order chi connectivity index (χ0) is 16.7. The van der Waals surface area contributed by atoms with Crippen LogP contribution in [0.25, 0.3) is 0 Å². The van der Waals surface area contributed by atoms with Gasteiger partial charge in [0.25, 0.3) is 0 Å². The first-order valence-electron chi connectivity index (χ1n) is 9.15. The zero-order valence-corrected chi connectivity index (χ0v) is 14.3. The van der Waals surface area contributed by atoms with Crippen LogP contribution in [0.4, 0.5) is 0 Å². The maximum Gasteiger partial charge on any atom is 0.331 e. The minimum atomic E-state index is -0.703. The first kappa shape index (κ1) is 15.7. The summed E-state index contributed by atoms with van der Waals surface area (Å²) >= 11 is 0. The minimum Gasteiger partial charge on any atom is -0.497 e. The Bertz CT molecular complexity index is 621. The number of hydrogen-bond acceptors (Lipinski definition) is 2. The number of ether oxygens (including phenoxy) is 1. The summed E-state index contributed by atoms with van der Waals surface area (Å²) in [5.41, 5.74) is 1.78. The van der Waals surface area contributed by atoms with Crippen molar-refractivity contribution in [2.24, 2.45) is 23.2 Å². The normalized spacial score (nSPS) is 34.4. The summed E-state index contributed by atoms with van der Waals surface area (Å²) in [6.07, 6.45) is 9.99. The van der Waals surface area contributed by atoms with Crippen molar-refractivity contribution in [1.29, 1.82) is 0 Å². The van der Waals surface area contributed by atoms with Crippen LogP contribution in [-0.4, -0.2) is 18.2 Å². The van der Waals surface area contributed by atoms with Crippen molar-refractivity contribution in [2.75, 3.05) is 7.11 Å². The van der Waals surface area contributed by atoms with Gasteiger partial charge in [-0.15, -0.1) is 0 Å². The predicted octanol–water partition coefficient (Wildman–Crippen LogP) is 4.47. The molecule has 4 bridgehead atoms. The summed E-state index contributed by atoms with van der Waals surface area (Å²) in [6, 6.07) is 7.92. The van der Waals surface area contributed by atoms with Gasteiger partial charge in [0.15, 0.2) is 0 Å². The molecule has 0 aromatic heterocycles. The third kappa shape index (κ3) is 2.74. The molecule has 3 heteroatoms. The van der Waals surface area contributed by atoms with E-state index in [4.69, 9.17) is 4.74 Å². The summed E-state index contributed by atoms with van der Waals surface area (Å²) in [4.78, 5) is 12.0. The molecule has 1 N–H and O–H groups in total. The van der Waals surface area contributed by atoms with Gasteiger partial charge in [-0.2, -0.15) is 0 Å². The van der Waals surface area contributed by atoms with Crippen molar-refractivity contribution >= 4 is 5.97 Å². The van der Waals surface area contributed by atoms with E-state index in [-0.39, 0.29) is 5.41 Å². The van der Waals surface area contributed by atoms with Gasteiger partial charge in [-0.25, -0.2) is 4.79 Å². The number of aliphatic carboxylic acids is 1. The van der Waals surface area contributed by atoms with Gasteiger partial charge in [0.05, 0.1) is 7.11 Å². The lowest BCUT2D eigenvalue weighted by molar-refractivity contribution is -0.136. The second kappa shape index (κ2) is 5.94. The Morgan fingerprint density at radius 2 is 1.67 bits per heavy atom. The fraction of sp³-hybridized carbons (Fsp3) is 0.571. The Labute approximate surface area is 143 Å². The molecule has 1 aromatic rings. The van der Waals surface area contributed by atoms with Gasteiger partial charge in [0, 0.05) is 11.0 Å². The van der Waals surface area contributed by atoms with E-state index in [1.807, 2.05) is 30.3 Å². The van der Waals surface area contributed by atoms with Crippen LogP contribution in [0.2, 0.25) is 0 Å². The highest BCUT2D eigenvalue weighted by Gasteiger charge is 2.53. The van der Waals surface area contributed by atoms with Crippen LogP contribution >= 0.6 is 0 Å². The number of benzene rings is 1. The number of carboxylic acid groups (broad SMARTS) is 1. The average molecular weight is 326 g/mol. The fourth-order valence-electron chi connectivity index (χ4n) is 5.95. The SMILES string of the molecule is COc1ccc(C/C=C(/C(=O)O)C23CC4CC(CC(C4)C2)C3)cc1. The van der Waals surface area contributed by atoms with Crippen LogP contribution in [0.5, 0.6) is 5.75 Å². The van der Waals surface area contributed by atoms with E-state index in [2.05, 4.69) is 0 Å². The molecule has 0 aliphatic heterocycles. The minimum absolute atomic E-state index is 0.0486. The number of hydrogen-bond donors (Lipinski definition) is 1. The highest BCUT2D eigenvalue weighted by Crippen LogP contribution is 2.62. The molecule has 24 heavy (non-hydrogen) atoms. The summed E-state index contributed by atoms with van der Waals surface area (Å²) in [7, 11) is 1.66. The maximum atomic E-state index is 12.0. The topological polar surface area (TPSA) is 46.5 Å². The molecule has 0 radical (unpaired) electrons. The van der Waals surface area contributed by atoms with Crippen LogP contribution in [0.15, 0.2) is 35.9 Å². The molecule has 5 rings (SSSR count). The Balaban J connectivity index is 1.58. The average Bonchev–Trinajstić information content (AvgIpc) is 2.54. The van der Waals surface area contributed by atoms with Gasteiger partial charge >= 0.3 is 5.97 Å². The lowest BCUT2D eigenvalue weighted by Crippen LogP contribution is -2.48. The van der Waals surface area contributed by atoms with Gasteiger partial charge < -0.3 is 9.84 Å². The molecule has 4 fully saturated rings. The lowest BCUT2D eigenvalue weighted by atomic mass is 9.47. The number of carbonyl (C=O) groups is 1. The van der Waals surface area contributed by atoms with Gasteiger partial charge in [0.1, 0.15) is 5.75 Å². The van der Waals surface area contributed by atoms with Crippen molar-refractivity contribution < 1.29 is 14.6 Å². The molecule has 0 heterocycles. The molecule has 0 unspecified atom stereocenters. The van der Waals surface area contributed by atoms with Crippen LogP contribution < -0.4 is 4.74 Å². The van der Waals surface area contributed by atoms with E-state index in [1.165, 1.54) is 19.3 Å². The highest BCUT2D eigenvalue weighted by molar-refractivity contribution is 5.88. The number of methoxy groups -OCH3 is 1. The molecule has 4 aliphatic carbocycles. The van der Waals surface area contributed by atoms with Crippen LogP contribution in [0.3, 0.4) is 0 Å².